The van der Waals surface area contributed by atoms with Gasteiger partial charge in [-0.3, -0.25) is 15.1 Å². The third-order valence-electron chi connectivity index (χ3n) is 4.78. The number of hydrogen-bond acceptors (Lipinski definition) is 7. The van der Waals surface area contributed by atoms with E-state index in [9.17, 15) is 9.59 Å². The first-order valence-corrected chi connectivity index (χ1v) is 11.8. The lowest BCUT2D eigenvalue weighted by atomic mass is 9.94. The molecule has 0 aromatic carbocycles. The molecule has 3 rings (SSSR count). The van der Waals surface area contributed by atoms with Crippen LogP contribution in [0.4, 0.5) is 9.93 Å². The topological polar surface area (TPSA) is 105 Å². The molecule has 0 saturated heterocycles. The molecule has 1 aliphatic carbocycles. The van der Waals surface area contributed by atoms with Crippen molar-refractivity contribution >= 4 is 40.2 Å². The maximum absolute atomic E-state index is 13.0. The van der Waals surface area contributed by atoms with Crippen molar-refractivity contribution in [2.24, 2.45) is 0 Å². The van der Waals surface area contributed by atoms with Crippen LogP contribution in [0.2, 0.25) is 0 Å². The molecule has 2 aromatic rings. The molecule has 2 amide bonds. The van der Waals surface area contributed by atoms with Crippen LogP contribution in [0.25, 0.3) is 0 Å². The van der Waals surface area contributed by atoms with E-state index in [0.29, 0.717) is 24.9 Å². The van der Waals surface area contributed by atoms with E-state index in [2.05, 4.69) is 15.3 Å². The van der Waals surface area contributed by atoms with E-state index in [-0.39, 0.29) is 17.8 Å². The van der Waals surface area contributed by atoms with Crippen molar-refractivity contribution in [1.82, 2.24) is 14.9 Å². The van der Waals surface area contributed by atoms with E-state index in [1.165, 1.54) is 29.5 Å². The molecule has 2 N–H and O–H groups in total. The van der Waals surface area contributed by atoms with E-state index in [1.807, 2.05) is 17.0 Å². The van der Waals surface area contributed by atoms with E-state index in [1.54, 1.807) is 18.6 Å². The van der Waals surface area contributed by atoms with Crippen molar-refractivity contribution in [2.75, 3.05) is 24.2 Å². The molecule has 1 saturated carbocycles. The minimum atomic E-state index is -0.881. The van der Waals surface area contributed by atoms with Crippen molar-refractivity contribution in [3.05, 3.63) is 36.3 Å². The Bertz CT molecular complexity index is 812. The van der Waals surface area contributed by atoms with Crippen LogP contribution in [-0.4, -0.2) is 56.9 Å². The summed E-state index contributed by atoms with van der Waals surface area (Å²) in [5.41, 5.74) is 1.00. The molecule has 30 heavy (non-hydrogen) atoms. The second-order valence-electron chi connectivity index (χ2n) is 7.00. The van der Waals surface area contributed by atoms with Crippen molar-refractivity contribution in [2.45, 2.75) is 49.0 Å². The van der Waals surface area contributed by atoms with Crippen molar-refractivity contribution in [3.8, 4) is 0 Å². The number of rotatable bonds is 10. The molecule has 10 heteroatoms. The Hall–Kier alpha value is -2.17. The maximum atomic E-state index is 13.0. The lowest BCUT2D eigenvalue weighted by molar-refractivity contribution is -0.133. The van der Waals surface area contributed by atoms with Gasteiger partial charge in [0.15, 0.2) is 5.13 Å². The molecule has 1 fully saturated rings. The van der Waals surface area contributed by atoms with E-state index in [0.717, 1.165) is 35.5 Å². The number of aromatic nitrogens is 2. The fraction of sp³-hybridized carbons (Fsp3) is 0.500. The second-order valence-corrected chi connectivity index (χ2v) is 9.30. The van der Waals surface area contributed by atoms with Crippen LogP contribution < -0.4 is 5.32 Å². The first kappa shape index (κ1) is 22.5. The summed E-state index contributed by atoms with van der Waals surface area (Å²) in [4.78, 5) is 33.8. The zero-order valence-corrected chi connectivity index (χ0v) is 18.3. The summed E-state index contributed by atoms with van der Waals surface area (Å²) < 4.78 is 6.53. The van der Waals surface area contributed by atoms with Gasteiger partial charge >= 0.3 is 12.0 Å². The van der Waals surface area contributed by atoms with Gasteiger partial charge in [0.05, 0.1) is 29.4 Å². The predicted molar refractivity (Wildman–Crippen MR) is 117 cm³/mol. The fourth-order valence-electron chi connectivity index (χ4n) is 3.36. The zero-order chi connectivity index (χ0) is 21.2. The van der Waals surface area contributed by atoms with Gasteiger partial charge in [0, 0.05) is 25.0 Å². The summed E-state index contributed by atoms with van der Waals surface area (Å²) in [6.07, 6.45) is 10.5. The van der Waals surface area contributed by atoms with Gasteiger partial charge in [0.1, 0.15) is 0 Å². The van der Waals surface area contributed by atoms with Gasteiger partial charge in [-0.05, 0) is 24.5 Å². The number of carbonyl (C=O) groups excluding carboxylic acids is 1. The average molecular weight is 451 g/mol. The van der Waals surface area contributed by atoms with Gasteiger partial charge in [-0.1, -0.05) is 36.7 Å². The van der Waals surface area contributed by atoms with E-state index in [4.69, 9.17) is 9.84 Å². The van der Waals surface area contributed by atoms with Crippen LogP contribution in [0, 0.1) is 0 Å². The number of urea groups is 1. The van der Waals surface area contributed by atoms with Gasteiger partial charge < -0.3 is 14.7 Å². The number of carbonyl (C=O) groups is 2. The summed E-state index contributed by atoms with van der Waals surface area (Å²) >= 11 is 2.48. The van der Waals surface area contributed by atoms with Gasteiger partial charge in [0.25, 0.3) is 0 Å². The van der Waals surface area contributed by atoms with Crippen LogP contribution >= 0.6 is 23.1 Å². The Labute approximate surface area is 184 Å². The quantitative estimate of drug-likeness (QED) is 0.415. The van der Waals surface area contributed by atoms with Crippen LogP contribution in [0.1, 0.15) is 37.7 Å². The van der Waals surface area contributed by atoms with E-state index >= 15 is 0 Å². The number of anilines is 1. The summed E-state index contributed by atoms with van der Waals surface area (Å²) in [7, 11) is 0. The molecular weight excluding hydrogens is 424 g/mol. The summed E-state index contributed by atoms with van der Waals surface area (Å²) in [6.45, 7) is 1.41. The number of thiazole rings is 1. The maximum Gasteiger partial charge on any atom is 0.323 e. The summed E-state index contributed by atoms with van der Waals surface area (Å²) in [5.74, 6) is -0.911. The number of nitrogens with one attached hydrogen (secondary N) is 1. The Morgan fingerprint density at radius 2 is 2.13 bits per heavy atom. The Morgan fingerprint density at radius 3 is 2.87 bits per heavy atom. The summed E-state index contributed by atoms with van der Waals surface area (Å²) in [6, 6.07) is 3.84. The molecule has 0 radical (unpaired) electrons. The number of nitrogens with zero attached hydrogens (tertiary/aromatic N) is 3. The van der Waals surface area contributed by atoms with Gasteiger partial charge in [0.2, 0.25) is 0 Å². The number of aliphatic carboxylic acids is 1. The molecule has 8 nitrogen and oxygen atoms in total. The number of carboxylic acids is 1. The molecule has 2 aromatic heterocycles. The van der Waals surface area contributed by atoms with Crippen LogP contribution in [-0.2, 0) is 16.1 Å². The number of hydrogen-bond donors (Lipinski definition) is 2. The van der Waals surface area contributed by atoms with Crippen LogP contribution in [0.3, 0.4) is 0 Å². The number of thioether (sulfide) groups is 1. The zero-order valence-electron chi connectivity index (χ0n) is 16.7. The van der Waals surface area contributed by atoms with Crippen LogP contribution in [0.15, 0.2) is 34.9 Å². The molecule has 1 aliphatic rings. The highest BCUT2D eigenvalue weighted by Gasteiger charge is 2.26. The third kappa shape index (κ3) is 7.26. The number of ether oxygens (including phenoxy) is 1. The predicted octanol–water partition coefficient (Wildman–Crippen LogP) is 4.10. The normalized spacial score (nSPS) is 14.4. The SMILES string of the molecule is O=C(O)CSc1cnc(NC(=O)N(CCOCc2cccnc2)C2CCCCC2)s1. The highest BCUT2D eigenvalue weighted by atomic mass is 32.2. The highest BCUT2D eigenvalue weighted by Crippen LogP contribution is 2.29. The number of amides is 2. The van der Waals surface area contributed by atoms with Crippen LogP contribution in [0.5, 0.6) is 0 Å². The lowest BCUT2D eigenvalue weighted by Crippen LogP contribution is -2.45. The first-order valence-electron chi connectivity index (χ1n) is 9.96. The number of pyridine rings is 1. The largest absolute Gasteiger partial charge is 0.481 e. The Kier molecular flexibility index (Phi) is 8.91. The molecule has 0 spiro atoms. The Morgan fingerprint density at radius 1 is 1.30 bits per heavy atom. The smallest absolute Gasteiger partial charge is 0.323 e. The minimum absolute atomic E-state index is 0.0297. The second kappa shape index (κ2) is 11.9. The molecule has 0 atom stereocenters. The molecule has 0 aliphatic heterocycles. The standard InChI is InChI=1S/C20H26N4O4S2/c25-17(26)14-29-18-12-22-19(30-18)23-20(27)24(16-6-2-1-3-7-16)9-10-28-13-15-5-4-8-21-11-15/h4-5,8,11-12,16H,1-3,6-7,9-10,13-14H2,(H,25,26)(H,22,23,27). The highest BCUT2D eigenvalue weighted by molar-refractivity contribution is 8.01. The monoisotopic (exact) mass is 450 g/mol. The molecule has 162 valence electrons. The van der Waals surface area contributed by atoms with Crippen molar-refractivity contribution in [3.63, 3.8) is 0 Å². The van der Waals surface area contributed by atoms with Gasteiger partial charge in [-0.25, -0.2) is 9.78 Å². The minimum Gasteiger partial charge on any atom is -0.481 e. The van der Waals surface area contributed by atoms with Gasteiger partial charge in [-0.15, -0.1) is 11.8 Å². The first-order chi connectivity index (χ1) is 14.6. The van der Waals surface area contributed by atoms with Crippen molar-refractivity contribution < 1.29 is 19.4 Å². The molecule has 2 heterocycles. The third-order valence-corrected chi connectivity index (χ3v) is 6.87. The average Bonchev–Trinajstić information content (AvgIpc) is 3.21. The van der Waals surface area contributed by atoms with E-state index < -0.39 is 5.97 Å². The van der Waals surface area contributed by atoms with Gasteiger partial charge in [-0.2, -0.15) is 0 Å². The number of carboxylic acid groups (broad SMARTS) is 1. The lowest BCUT2D eigenvalue weighted by Gasteiger charge is -2.34. The Balaban J connectivity index is 1.54. The molecular formula is C20H26N4O4S2. The fourth-order valence-corrected chi connectivity index (χ4v) is 4.94. The molecule has 0 unspecified atom stereocenters. The van der Waals surface area contributed by atoms with Crippen molar-refractivity contribution in [1.29, 1.82) is 0 Å². The summed E-state index contributed by atoms with van der Waals surface area (Å²) in [5, 5.41) is 12.1. The molecule has 0 bridgehead atoms.